The predicted molar refractivity (Wildman–Crippen MR) is 90.6 cm³/mol. The second-order valence-electron chi connectivity index (χ2n) is 5.38. The van der Waals surface area contributed by atoms with Crippen molar-refractivity contribution in [3.8, 4) is 0 Å². The molecule has 0 radical (unpaired) electrons. The van der Waals surface area contributed by atoms with Crippen LogP contribution in [0.5, 0.6) is 0 Å². The number of halogens is 1. The van der Waals surface area contributed by atoms with E-state index in [1.165, 1.54) is 0 Å². The monoisotopic (exact) mass is 346 g/mol. The number of anilines is 1. The Labute approximate surface area is 133 Å². The smallest absolute Gasteiger partial charge is 0.254 e. The van der Waals surface area contributed by atoms with Gasteiger partial charge in [0.15, 0.2) is 0 Å². The fourth-order valence-electron chi connectivity index (χ4n) is 2.19. The molecule has 4 heteroatoms. The molecule has 0 aliphatic carbocycles. The number of nitrogens with one attached hydrogen (secondary N) is 2. The Morgan fingerprint density at radius 2 is 1.67 bits per heavy atom. The number of amides is 1. The fraction of sp³-hybridized carbons (Fsp3) is 0.235. The van der Waals surface area contributed by atoms with Crippen LogP contribution in [-0.2, 0) is 5.54 Å². The van der Waals surface area contributed by atoms with Gasteiger partial charge in [-0.15, -0.1) is 0 Å². The van der Waals surface area contributed by atoms with Gasteiger partial charge in [-0.3, -0.25) is 4.79 Å². The summed E-state index contributed by atoms with van der Waals surface area (Å²) in [7, 11) is 1.81. The van der Waals surface area contributed by atoms with Gasteiger partial charge >= 0.3 is 0 Å². The highest BCUT2D eigenvalue weighted by Gasteiger charge is 2.24. The van der Waals surface area contributed by atoms with Crippen LogP contribution in [0.4, 0.5) is 5.69 Å². The standard InChI is InChI=1S/C17H19BrN2O/c1-17(2,12-8-10-13(18)11-9-12)20-16(21)14-6-4-5-7-15(14)19-3/h4-11,19H,1-3H3,(H,20,21). The van der Waals surface area contributed by atoms with Crippen LogP contribution in [0, 0.1) is 0 Å². The van der Waals surface area contributed by atoms with Crippen molar-refractivity contribution in [1.82, 2.24) is 5.32 Å². The number of para-hydroxylation sites is 1. The Morgan fingerprint density at radius 1 is 1.05 bits per heavy atom. The zero-order chi connectivity index (χ0) is 15.5. The molecule has 0 atom stereocenters. The normalized spacial score (nSPS) is 11.0. The molecule has 2 aromatic rings. The van der Waals surface area contributed by atoms with Crippen molar-refractivity contribution in [3.63, 3.8) is 0 Å². The minimum atomic E-state index is -0.446. The molecule has 0 spiro atoms. The number of benzene rings is 2. The van der Waals surface area contributed by atoms with Crippen molar-refractivity contribution >= 4 is 27.5 Å². The molecule has 0 heterocycles. The molecule has 1 amide bonds. The summed E-state index contributed by atoms with van der Waals surface area (Å²) in [6.45, 7) is 3.99. The average Bonchev–Trinajstić information content (AvgIpc) is 2.47. The molecule has 2 aromatic carbocycles. The SMILES string of the molecule is CNc1ccccc1C(=O)NC(C)(C)c1ccc(Br)cc1. The maximum absolute atomic E-state index is 12.5. The van der Waals surface area contributed by atoms with Gasteiger partial charge in [0.25, 0.3) is 5.91 Å². The van der Waals surface area contributed by atoms with Gasteiger partial charge in [0.1, 0.15) is 0 Å². The van der Waals surface area contributed by atoms with Crippen LogP contribution in [0.3, 0.4) is 0 Å². The van der Waals surface area contributed by atoms with Crippen LogP contribution in [0.1, 0.15) is 29.8 Å². The average molecular weight is 347 g/mol. The zero-order valence-electron chi connectivity index (χ0n) is 12.4. The maximum atomic E-state index is 12.5. The number of rotatable bonds is 4. The zero-order valence-corrected chi connectivity index (χ0v) is 14.0. The molecule has 21 heavy (non-hydrogen) atoms. The van der Waals surface area contributed by atoms with E-state index >= 15 is 0 Å². The van der Waals surface area contributed by atoms with Crippen LogP contribution < -0.4 is 10.6 Å². The number of carbonyl (C=O) groups is 1. The molecule has 0 aromatic heterocycles. The quantitative estimate of drug-likeness (QED) is 0.872. The van der Waals surface area contributed by atoms with Gasteiger partial charge in [0.05, 0.1) is 11.1 Å². The maximum Gasteiger partial charge on any atom is 0.254 e. The molecular formula is C17H19BrN2O. The lowest BCUT2D eigenvalue weighted by Crippen LogP contribution is -2.41. The highest BCUT2D eigenvalue weighted by molar-refractivity contribution is 9.10. The van der Waals surface area contributed by atoms with Crippen LogP contribution >= 0.6 is 15.9 Å². The summed E-state index contributed by atoms with van der Waals surface area (Å²) in [4.78, 5) is 12.5. The molecule has 0 saturated carbocycles. The molecule has 0 saturated heterocycles. The summed E-state index contributed by atoms with van der Waals surface area (Å²) in [6.07, 6.45) is 0. The number of carbonyl (C=O) groups excluding carboxylic acids is 1. The molecule has 2 N–H and O–H groups in total. The van der Waals surface area contributed by atoms with Crippen molar-refractivity contribution in [2.24, 2.45) is 0 Å². The molecule has 0 aliphatic heterocycles. The highest BCUT2D eigenvalue weighted by Crippen LogP contribution is 2.23. The van der Waals surface area contributed by atoms with Crippen LogP contribution in [0.2, 0.25) is 0 Å². The highest BCUT2D eigenvalue weighted by atomic mass is 79.9. The largest absolute Gasteiger partial charge is 0.387 e. The summed E-state index contributed by atoms with van der Waals surface area (Å²) < 4.78 is 1.02. The third-order valence-electron chi connectivity index (χ3n) is 3.43. The molecule has 110 valence electrons. The third kappa shape index (κ3) is 3.64. The Kier molecular flexibility index (Phi) is 4.68. The van der Waals surface area contributed by atoms with Crippen molar-refractivity contribution in [1.29, 1.82) is 0 Å². The predicted octanol–water partition coefficient (Wildman–Crippen LogP) is 4.16. The van der Waals surface area contributed by atoms with Crippen LogP contribution in [-0.4, -0.2) is 13.0 Å². The van der Waals surface area contributed by atoms with E-state index in [9.17, 15) is 4.79 Å². The van der Waals surface area contributed by atoms with Crippen LogP contribution in [0.25, 0.3) is 0 Å². The number of hydrogen-bond acceptors (Lipinski definition) is 2. The summed E-state index contributed by atoms with van der Waals surface area (Å²) in [5, 5.41) is 6.13. The lowest BCUT2D eigenvalue weighted by molar-refractivity contribution is 0.0913. The fourth-order valence-corrected chi connectivity index (χ4v) is 2.45. The first-order chi connectivity index (χ1) is 9.94. The Bertz CT molecular complexity index is 635. The molecule has 0 unspecified atom stereocenters. The van der Waals surface area contributed by atoms with E-state index in [2.05, 4.69) is 26.6 Å². The van der Waals surface area contributed by atoms with E-state index in [4.69, 9.17) is 0 Å². The second kappa shape index (κ2) is 6.31. The topological polar surface area (TPSA) is 41.1 Å². The Morgan fingerprint density at radius 3 is 2.29 bits per heavy atom. The van der Waals surface area contributed by atoms with Gasteiger partial charge in [-0.2, -0.15) is 0 Å². The first kappa shape index (κ1) is 15.6. The van der Waals surface area contributed by atoms with E-state index < -0.39 is 5.54 Å². The van der Waals surface area contributed by atoms with Gasteiger partial charge in [-0.1, -0.05) is 40.2 Å². The van der Waals surface area contributed by atoms with Gasteiger partial charge in [-0.05, 0) is 43.7 Å². The summed E-state index contributed by atoms with van der Waals surface area (Å²) in [6, 6.07) is 15.4. The second-order valence-corrected chi connectivity index (χ2v) is 6.30. The minimum Gasteiger partial charge on any atom is -0.387 e. The van der Waals surface area contributed by atoms with E-state index in [1.807, 2.05) is 69.4 Å². The molecule has 0 fully saturated rings. The summed E-state index contributed by atoms with van der Waals surface area (Å²) in [5.74, 6) is -0.0899. The van der Waals surface area contributed by atoms with Gasteiger partial charge in [-0.25, -0.2) is 0 Å². The van der Waals surface area contributed by atoms with E-state index in [0.717, 1.165) is 15.7 Å². The molecule has 2 rings (SSSR count). The lowest BCUT2D eigenvalue weighted by atomic mass is 9.94. The van der Waals surface area contributed by atoms with Crippen molar-refractivity contribution in [3.05, 3.63) is 64.1 Å². The van der Waals surface area contributed by atoms with Gasteiger partial charge in [0.2, 0.25) is 0 Å². The first-order valence-corrected chi connectivity index (χ1v) is 7.58. The Hall–Kier alpha value is -1.81. The molecular weight excluding hydrogens is 328 g/mol. The lowest BCUT2D eigenvalue weighted by Gasteiger charge is -2.27. The number of hydrogen-bond donors (Lipinski definition) is 2. The van der Waals surface area contributed by atoms with Crippen molar-refractivity contribution < 1.29 is 4.79 Å². The van der Waals surface area contributed by atoms with E-state index in [-0.39, 0.29) is 5.91 Å². The van der Waals surface area contributed by atoms with Gasteiger partial charge < -0.3 is 10.6 Å². The minimum absolute atomic E-state index is 0.0899. The first-order valence-electron chi connectivity index (χ1n) is 6.79. The van der Waals surface area contributed by atoms with E-state index in [1.54, 1.807) is 0 Å². The molecule has 0 aliphatic rings. The summed E-state index contributed by atoms with van der Waals surface area (Å²) >= 11 is 3.42. The van der Waals surface area contributed by atoms with Crippen molar-refractivity contribution in [2.75, 3.05) is 12.4 Å². The molecule has 0 bridgehead atoms. The van der Waals surface area contributed by atoms with E-state index in [0.29, 0.717) is 5.56 Å². The summed E-state index contributed by atoms with van der Waals surface area (Å²) in [5.41, 5.74) is 2.08. The Balaban J connectivity index is 2.23. The third-order valence-corrected chi connectivity index (χ3v) is 3.96. The molecule has 3 nitrogen and oxygen atoms in total. The van der Waals surface area contributed by atoms with Gasteiger partial charge in [0, 0.05) is 17.2 Å². The van der Waals surface area contributed by atoms with Crippen LogP contribution in [0.15, 0.2) is 53.0 Å². The van der Waals surface area contributed by atoms with Crippen molar-refractivity contribution in [2.45, 2.75) is 19.4 Å².